The van der Waals surface area contributed by atoms with Crippen LogP contribution in [-0.4, -0.2) is 94.0 Å². The van der Waals surface area contributed by atoms with E-state index in [4.69, 9.17) is 18.9 Å². The van der Waals surface area contributed by atoms with Gasteiger partial charge in [0, 0.05) is 41.4 Å². The monoisotopic (exact) mass is 473 g/mol. The Morgan fingerprint density at radius 1 is 1.06 bits per heavy atom. The van der Waals surface area contributed by atoms with Gasteiger partial charge in [0.05, 0.1) is 35.4 Å². The van der Waals surface area contributed by atoms with Crippen LogP contribution in [0, 0.1) is 17.2 Å². The Bertz CT molecular complexity index is 916. The van der Waals surface area contributed by atoms with E-state index >= 15 is 0 Å². The minimum atomic E-state index is -0.488. The van der Waals surface area contributed by atoms with Gasteiger partial charge in [0.25, 0.3) is 5.91 Å². The first-order valence-electron chi connectivity index (χ1n) is 11.7. The molecule has 186 valence electrons. The average molecular weight is 474 g/mol. The summed E-state index contributed by atoms with van der Waals surface area (Å²) in [5.74, 6) is -0.582. The van der Waals surface area contributed by atoms with E-state index in [1.165, 1.54) is 12.0 Å². The number of para-hydroxylation sites is 1. The van der Waals surface area contributed by atoms with E-state index in [-0.39, 0.29) is 60.2 Å². The number of carbonyl (C=O) groups is 2. The largest absolute Gasteiger partial charge is 0.489 e. The van der Waals surface area contributed by atoms with Gasteiger partial charge in [-0.2, -0.15) is 5.26 Å². The van der Waals surface area contributed by atoms with Crippen molar-refractivity contribution in [2.45, 2.75) is 50.6 Å². The molecule has 0 spiro atoms. The highest BCUT2D eigenvalue weighted by Crippen LogP contribution is 2.29. The number of nitriles is 1. The minimum Gasteiger partial charge on any atom is -0.489 e. The lowest BCUT2D eigenvalue weighted by molar-refractivity contribution is -0.147. The number of carbonyl (C=O) groups excluding carboxylic acids is 2. The molecule has 0 unspecified atom stereocenters. The summed E-state index contributed by atoms with van der Waals surface area (Å²) in [4.78, 5) is 29.7. The van der Waals surface area contributed by atoms with Gasteiger partial charge >= 0.3 is 0 Å². The van der Waals surface area contributed by atoms with Crippen LogP contribution in [0.2, 0.25) is 0 Å². The Balaban J connectivity index is 1.98. The molecule has 0 N–H and O–H groups in total. The zero-order chi connectivity index (χ0) is 24.8. The molecule has 0 aliphatic carbocycles. The lowest BCUT2D eigenvalue weighted by Gasteiger charge is -2.37. The predicted molar refractivity (Wildman–Crippen MR) is 125 cm³/mol. The number of nitrogens with zero attached hydrogens (tertiary/aromatic N) is 3. The highest BCUT2D eigenvalue weighted by atomic mass is 16.6. The Morgan fingerprint density at radius 3 is 2.47 bits per heavy atom. The molecule has 2 heterocycles. The summed E-state index contributed by atoms with van der Waals surface area (Å²) in [6.45, 7) is 2.72. The van der Waals surface area contributed by atoms with Crippen LogP contribution < -0.4 is 4.74 Å². The summed E-state index contributed by atoms with van der Waals surface area (Å²) in [5, 5.41) is 9.66. The van der Waals surface area contributed by atoms with Crippen LogP contribution in [0.1, 0.15) is 42.1 Å². The zero-order valence-electron chi connectivity index (χ0n) is 20.7. The summed E-state index contributed by atoms with van der Waals surface area (Å²) in [7, 11) is 6.61. The number of hydrogen-bond donors (Lipinski definition) is 0. The summed E-state index contributed by atoms with van der Waals surface area (Å²) in [5.41, 5.74) is 0.552. The first kappa shape index (κ1) is 25.9. The van der Waals surface area contributed by atoms with Crippen LogP contribution in [0.15, 0.2) is 18.2 Å². The number of fused-ring (bicyclic) bond motifs is 3. The molecule has 1 aromatic rings. The number of likely N-dealkylation sites (N-methyl/N-ethyl adjacent to an activating group) is 1. The van der Waals surface area contributed by atoms with Gasteiger partial charge in [0.2, 0.25) is 5.91 Å². The highest BCUT2D eigenvalue weighted by molar-refractivity contribution is 5.97. The number of benzene rings is 1. The molecular formula is C25H35N3O6. The molecule has 2 aliphatic heterocycles. The summed E-state index contributed by atoms with van der Waals surface area (Å²) >= 11 is 0. The van der Waals surface area contributed by atoms with E-state index in [1.807, 2.05) is 6.92 Å². The van der Waals surface area contributed by atoms with Gasteiger partial charge in [-0.3, -0.25) is 9.59 Å². The van der Waals surface area contributed by atoms with E-state index < -0.39 is 12.0 Å². The Hall–Kier alpha value is -2.67. The van der Waals surface area contributed by atoms with Crippen LogP contribution in [0.5, 0.6) is 5.75 Å². The van der Waals surface area contributed by atoms with Crippen LogP contribution in [0.25, 0.3) is 0 Å². The van der Waals surface area contributed by atoms with Crippen molar-refractivity contribution < 1.29 is 28.5 Å². The van der Waals surface area contributed by atoms with Crippen molar-refractivity contribution in [2.75, 3.05) is 48.0 Å². The number of methoxy groups -OCH3 is 2. The van der Waals surface area contributed by atoms with Crippen molar-refractivity contribution in [1.82, 2.24) is 9.80 Å². The lowest BCUT2D eigenvalue weighted by atomic mass is 9.98. The number of ether oxygens (including phenoxy) is 4. The van der Waals surface area contributed by atoms with E-state index in [2.05, 4.69) is 6.07 Å². The van der Waals surface area contributed by atoms with Crippen LogP contribution in [0.4, 0.5) is 0 Å². The van der Waals surface area contributed by atoms with E-state index in [9.17, 15) is 14.9 Å². The zero-order valence-corrected chi connectivity index (χ0v) is 20.7. The minimum absolute atomic E-state index is 0.0441. The van der Waals surface area contributed by atoms with Crippen molar-refractivity contribution in [2.24, 2.45) is 5.92 Å². The fraction of sp³-hybridized carbons (Fsp3) is 0.640. The Labute approximate surface area is 201 Å². The lowest BCUT2D eigenvalue weighted by Crippen LogP contribution is -2.47. The van der Waals surface area contributed by atoms with Crippen LogP contribution in [0.3, 0.4) is 0 Å². The van der Waals surface area contributed by atoms with Gasteiger partial charge in [0.15, 0.2) is 0 Å². The second-order valence-corrected chi connectivity index (χ2v) is 9.05. The summed E-state index contributed by atoms with van der Waals surface area (Å²) in [6, 6.07) is 7.04. The molecule has 2 bridgehead atoms. The van der Waals surface area contributed by atoms with Gasteiger partial charge in [-0.1, -0.05) is 13.0 Å². The molecule has 1 aromatic carbocycles. The molecular weight excluding hydrogens is 438 g/mol. The molecule has 9 heteroatoms. The van der Waals surface area contributed by atoms with Gasteiger partial charge in [-0.05, 0) is 31.4 Å². The summed E-state index contributed by atoms with van der Waals surface area (Å²) < 4.78 is 23.6. The van der Waals surface area contributed by atoms with Crippen LogP contribution >= 0.6 is 0 Å². The van der Waals surface area contributed by atoms with E-state index in [0.717, 1.165) is 12.8 Å². The standard InChI is InChI=1S/C25H35N3O6/c1-16-21(32-5)14-28(3)25(30)19-8-6-7-17(13-26)23(19)33-15-22-20(31-4)10-9-18(34-22)11-12-27(2)24(16)29/h6-8,16,18,20-22H,9-12,14-15H2,1-5H3/t16-,18+,20-,21+,22+/m0/s1. The van der Waals surface area contributed by atoms with Crippen molar-refractivity contribution in [1.29, 1.82) is 5.26 Å². The molecule has 0 saturated carbocycles. The predicted octanol–water partition coefficient (Wildman–Crippen LogP) is 2.08. The molecule has 0 aromatic heterocycles. The molecule has 1 saturated heterocycles. The fourth-order valence-electron chi connectivity index (χ4n) is 4.63. The van der Waals surface area contributed by atoms with Crippen molar-refractivity contribution in [3.05, 3.63) is 29.3 Å². The van der Waals surface area contributed by atoms with Gasteiger partial charge in [0.1, 0.15) is 24.5 Å². The fourth-order valence-corrected chi connectivity index (χ4v) is 4.63. The second-order valence-electron chi connectivity index (χ2n) is 9.05. The van der Waals surface area contributed by atoms with E-state index in [0.29, 0.717) is 13.0 Å². The van der Waals surface area contributed by atoms with Crippen molar-refractivity contribution >= 4 is 11.8 Å². The van der Waals surface area contributed by atoms with Gasteiger partial charge in [-0.15, -0.1) is 0 Å². The van der Waals surface area contributed by atoms with E-state index in [1.54, 1.807) is 44.3 Å². The summed E-state index contributed by atoms with van der Waals surface area (Å²) in [6.07, 6.45) is 1.25. The molecule has 2 aliphatic rings. The Morgan fingerprint density at radius 2 is 1.79 bits per heavy atom. The number of rotatable bonds is 2. The maximum atomic E-state index is 13.4. The maximum absolute atomic E-state index is 13.4. The number of hydrogen-bond acceptors (Lipinski definition) is 7. The average Bonchev–Trinajstić information content (AvgIpc) is 2.86. The smallest absolute Gasteiger partial charge is 0.257 e. The molecule has 9 nitrogen and oxygen atoms in total. The van der Waals surface area contributed by atoms with Crippen molar-refractivity contribution in [3.63, 3.8) is 0 Å². The first-order valence-corrected chi connectivity index (χ1v) is 11.7. The van der Waals surface area contributed by atoms with Gasteiger partial charge < -0.3 is 28.7 Å². The second kappa shape index (κ2) is 11.6. The Kier molecular flexibility index (Phi) is 8.89. The third-order valence-electron chi connectivity index (χ3n) is 6.83. The molecule has 0 radical (unpaired) electrons. The van der Waals surface area contributed by atoms with Crippen LogP contribution in [-0.2, 0) is 19.0 Å². The SMILES string of the molecule is CO[C@H]1CC[C@@H]2CCN(C)C(=O)[C@@H](C)[C@H](OC)CN(C)C(=O)c3cccc(C#N)c3OC[C@H]1O2. The topological polar surface area (TPSA) is 101 Å². The molecule has 34 heavy (non-hydrogen) atoms. The third kappa shape index (κ3) is 5.69. The molecule has 2 amide bonds. The molecule has 5 atom stereocenters. The maximum Gasteiger partial charge on any atom is 0.257 e. The molecule has 1 fully saturated rings. The molecule has 3 rings (SSSR count). The van der Waals surface area contributed by atoms with Gasteiger partial charge in [-0.25, -0.2) is 0 Å². The quantitative estimate of drug-likeness (QED) is 0.648. The first-order chi connectivity index (χ1) is 16.3. The highest BCUT2D eigenvalue weighted by Gasteiger charge is 2.34. The van der Waals surface area contributed by atoms with Crippen molar-refractivity contribution in [3.8, 4) is 11.8 Å². The number of amides is 2. The third-order valence-corrected chi connectivity index (χ3v) is 6.83. The normalized spacial score (nSPS) is 29.2.